The first-order chi connectivity index (χ1) is 10.5. The monoisotopic (exact) mass is 358 g/mol. The third-order valence-corrected chi connectivity index (χ3v) is 3.48. The van der Waals surface area contributed by atoms with E-state index in [1.54, 1.807) is 36.4 Å². The number of anilines is 2. The fourth-order valence-electron chi connectivity index (χ4n) is 1.79. The molecule has 4 nitrogen and oxygen atoms in total. The van der Waals surface area contributed by atoms with Gasteiger partial charge in [0.25, 0.3) is 0 Å². The maximum absolute atomic E-state index is 11.9. The summed E-state index contributed by atoms with van der Waals surface area (Å²) in [5, 5.41) is 7.09. The third kappa shape index (κ3) is 4.70. The Kier molecular flexibility index (Phi) is 5.77. The number of ether oxygens (including phenoxy) is 1. The number of rotatable bonds is 5. The number of methoxy groups -OCH3 is 1. The molecular weight excluding hydrogens is 347 g/mol. The summed E-state index contributed by atoms with van der Waals surface area (Å²) in [6.45, 7) is 0.0698. The van der Waals surface area contributed by atoms with Crippen molar-refractivity contribution in [3.63, 3.8) is 0 Å². The smallest absolute Gasteiger partial charge is 0.243 e. The van der Waals surface area contributed by atoms with Gasteiger partial charge in [-0.05, 0) is 36.4 Å². The Hall–Kier alpha value is -1.62. The Balaban J connectivity index is 1.94. The summed E-state index contributed by atoms with van der Waals surface area (Å²) in [6.07, 6.45) is 0. The quantitative estimate of drug-likeness (QED) is 0.813. The number of carbonyl (C=O) groups is 1. The van der Waals surface area contributed by atoms with Crippen molar-refractivity contribution in [2.24, 2.45) is 0 Å². The molecule has 0 fully saturated rings. The molecule has 2 N–H and O–H groups in total. The molecular formula is C15H13Cl3N2O2. The van der Waals surface area contributed by atoms with Gasteiger partial charge >= 0.3 is 0 Å². The molecule has 0 aliphatic carbocycles. The van der Waals surface area contributed by atoms with Crippen LogP contribution in [0.25, 0.3) is 0 Å². The maximum atomic E-state index is 11.9. The van der Waals surface area contributed by atoms with Crippen LogP contribution in [0.4, 0.5) is 11.4 Å². The maximum Gasteiger partial charge on any atom is 0.243 e. The van der Waals surface area contributed by atoms with E-state index in [1.165, 1.54) is 7.11 Å². The van der Waals surface area contributed by atoms with E-state index in [-0.39, 0.29) is 12.5 Å². The van der Waals surface area contributed by atoms with Crippen molar-refractivity contribution >= 4 is 52.1 Å². The SMILES string of the molecule is COc1ccc(NC(=O)CNc2cc(Cl)cc(Cl)c2)cc1Cl. The second-order valence-corrected chi connectivity index (χ2v) is 5.69. The predicted octanol–water partition coefficient (Wildman–Crippen LogP) is 4.71. The lowest BCUT2D eigenvalue weighted by Gasteiger charge is -2.10. The minimum absolute atomic E-state index is 0.0698. The lowest BCUT2D eigenvalue weighted by atomic mass is 10.3. The van der Waals surface area contributed by atoms with Crippen LogP contribution in [0.15, 0.2) is 36.4 Å². The van der Waals surface area contributed by atoms with E-state index in [9.17, 15) is 4.79 Å². The number of hydrogen-bond acceptors (Lipinski definition) is 3. The molecule has 0 saturated carbocycles. The van der Waals surface area contributed by atoms with Crippen LogP contribution in [0.1, 0.15) is 0 Å². The molecule has 2 aromatic carbocycles. The van der Waals surface area contributed by atoms with E-state index in [2.05, 4.69) is 10.6 Å². The molecule has 0 saturated heterocycles. The minimum atomic E-state index is -0.225. The summed E-state index contributed by atoms with van der Waals surface area (Å²) < 4.78 is 5.05. The minimum Gasteiger partial charge on any atom is -0.495 e. The fourth-order valence-corrected chi connectivity index (χ4v) is 2.57. The number of nitrogens with one attached hydrogen (secondary N) is 2. The Morgan fingerprint density at radius 2 is 1.73 bits per heavy atom. The average molecular weight is 360 g/mol. The van der Waals surface area contributed by atoms with Gasteiger partial charge in [-0.1, -0.05) is 34.8 Å². The average Bonchev–Trinajstić information content (AvgIpc) is 2.44. The molecule has 0 aliphatic heterocycles. The number of amides is 1. The van der Waals surface area contributed by atoms with Crippen molar-refractivity contribution in [3.8, 4) is 5.75 Å². The zero-order valence-electron chi connectivity index (χ0n) is 11.6. The van der Waals surface area contributed by atoms with Crippen molar-refractivity contribution in [1.82, 2.24) is 0 Å². The molecule has 22 heavy (non-hydrogen) atoms. The first-order valence-electron chi connectivity index (χ1n) is 6.31. The van der Waals surface area contributed by atoms with E-state index >= 15 is 0 Å². The molecule has 0 unspecified atom stereocenters. The van der Waals surface area contributed by atoms with Gasteiger partial charge in [-0.25, -0.2) is 0 Å². The Labute approximate surface area is 143 Å². The van der Waals surface area contributed by atoms with Crippen LogP contribution < -0.4 is 15.4 Å². The van der Waals surface area contributed by atoms with Gasteiger partial charge in [0.05, 0.1) is 18.7 Å². The van der Waals surface area contributed by atoms with Crippen molar-refractivity contribution in [3.05, 3.63) is 51.5 Å². The molecule has 2 aromatic rings. The van der Waals surface area contributed by atoms with Crippen LogP contribution in [0.2, 0.25) is 15.1 Å². The van der Waals surface area contributed by atoms with Crippen molar-refractivity contribution in [1.29, 1.82) is 0 Å². The number of benzene rings is 2. The van der Waals surface area contributed by atoms with E-state index in [1.807, 2.05) is 0 Å². The van der Waals surface area contributed by atoms with Gasteiger partial charge < -0.3 is 15.4 Å². The van der Waals surface area contributed by atoms with E-state index in [0.29, 0.717) is 32.2 Å². The van der Waals surface area contributed by atoms with Crippen LogP contribution in [0.3, 0.4) is 0 Å². The zero-order chi connectivity index (χ0) is 16.1. The summed E-state index contributed by atoms with van der Waals surface area (Å²) >= 11 is 17.8. The van der Waals surface area contributed by atoms with Gasteiger partial charge in [0.2, 0.25) is 5.91 Å². The second kappa shape index (κ2) is 7.58. The van der Waals surface area contributed by atoms with Gasteiger partial charge in [-0.15, -0.1) is 0 Å². The van der Waals surface area contributed by atoms with Gasteiger partial charge in [-0.3, -0.25) is 4.79 Å². The molecule has 0 atom stereocenters. The van der Waals surface area contributed by atoms with Gasteiger partial charge in [-0.2, -0.15) is 0 Å². The molecule has 2 rings (SSSR count). The van der Waals surface area contributed by atoms with Crippen LogP contribution >= 0.6 is 34.8 Å². The normalized spacial score (nSPS) is 10.2. The van der Waals surface area contributed by atoms with Crippen molar-refractivity contribution in [2.45, 2.75) is 0 Å². The molecule has 0 heterocycles. The van der Waals surface area contributed by atoms with Gasteiger partial charge in [0, 0.05) is 21.4 Å². The summed E-state index contributed by atoms with van der Waals surface area (Å²) in [6, 6.07) is 10.00. The highest BCUT2D eigenvalue weighted by Crippen LogP contribution is 2.27. The highest BCUT2D eigenvalue weighted by Gasteiger charge is 2.06. The fraction of sp³-hybridized carbons (Fsp3) is 0.133. The van der Waals surface area contributed by atoms with Gasteiger partial charge in [0.15, 0.2) is 0 Å². The largest absolute Gasteiger partial charge is 0.495 e. The molecule has 0 aromatic heterocycles. The number of hydrogen-bond donors (Lipinski definition) is 2. The summed E-state index contributed by atoms with van der Waals surface area (Å²) in [7, 11) is 1.53. The number of carbonyl (C=O) groups excluding carboxylic acids is 1. The molecule has 7 heteroatoms. The molecule has 1 amide bonds. The Morgan fingerprint density at radius 3 is 2.32 bits per heavy atom. The molecule has 0 aliphatic rings. The first-order valence-corrected chi connectivity index (χ1v) is 7.44. The predicted molar refractivity (Wildman–Crippen MR) is 91.6 cm³/mol. The Bertz CT molecular complexity index is 672. The van der Waals surface area contributed by atoms with Gasteiger partial charge in [0.1, 0.15) is 5.75 Å². The standard InChI is InChI=1S/C15H13Cl3N2O2/c1-22-14-3-2-11(7-13(14)18)20-15(21)8-19-12-5-9(16)4-10(17)6-12/h2-7,19H,8H2,1H3,(H,20,21). The highest BCUT2D eigenvalue weighted by atomic mass is 35.5. The lowest BCUT2D eigenvalue weighted by molar-refractivity contribution is -0.114. The lowest BCUT2D eigenvalue weighted by Crippen LogP contribution is -2.21. The summed E-state index contributed by atoms with van der Waals surface area (Å²) in [5.74, 6) is 0.323. The molecule has 0 bridgehead atoms. The van der Waals surface area contributed by atoms with Crippen LogP contribution in [-0.2, 0) is 4.79 Å². The Morgan fingerprint density at radius 1 is 1.05 bits per heavy atom. The summed E-state index contributed by atoms with van der Waals surface area (Å²) in [4.78, 5) is 11.9. The first kappa shape index (κ1) is 16.7. The van der Waals surface area contributed by atoms with E-state index in [4.69, 9.17) is 39.5 Å². The van der Waals surface area contributed by atoms with Crippen LogP contribution in [0, 0.1) is 0 Å². The highest BCUT2D eigenvalue weighted by molar-refractivity contribution is 6.35. The molecule has 116 valence electrons. The van der Waals surface area contributed by atoms with Crippen LogP contribution in [-0.4, -0.2) is 19.6 Å². The van der Waals surface area contributed by atoms with Crippen LogP contribution in [0.5, 0.6) is 5.75 Å². The third-order valence-electron chi connectivity index (χ3n) is 2.75. The topological polar surface area (TPSA) is 50.4 Å². The second-order valence-electron chi connectivity index (χ2n) is 4.41. The van der Waals surface area contributed by atoms with Crippen molar-refractivity contribution in [2.75, 3.05) is 24.3 Å². The van der Waals surface area contributed by atoms with Crippen molar-refractivity contribution < 1.29 is 9.53 Å². The van der Waals surface area contributed by atoms with E-state index < -0.39 is 0 Å². The molecule has 0 radical (unpaired) electrons. The summed E-state index contributed by atoms with van der Waals surface area (Å²) in [5.41, 5.74) is 1.25. The zero-order valence-corrected chi connectivity index (χ0v) is 13.9. The van der Waals surface area contributed by atoms with E-state index in [0.717, 1.165) is 0 Å². The molecule has 0 spiro atoms. The number of halogens is 3.